The zero-order valence-corrected chi connectivity index (χ0v) is 23.2. The number of ether oxygens (including phenoxy) is 4. The minimum atomic E-state index is -4.69. The number of hydrogen-bond acceptors (Lipinski definition) is 12. The first kappa shape index (κ1) is 26.9. The van der Waals surface area contributed by atoms with E-state index in [1.807, 2.05) is 0 Å². The van der Waals surface area contributed by atoms with E-state index in [1.165, 1.54) is 40.6 Å². The molecule has 0 saturated heterocycles. The Labute approximate surface area is 219 Å². The highest BCUT2D eigenvalue weighted by molar-refractivity contribution is 8.08. The van der Waals surface area contributed by atoms with E-state index in [9.17, 15) is 26.4 Å². The predicted octanol–water partition coefficient (Wildman–Crippen LogP) is 3.08. The maximum atomic E-state index is 13.2. The highest BCUT2D eigenvalue weighted by atomic mass is 32.3. The molecule has 37 heavy (non-hydrogen) atoms. The lowest BCUT2D eigenvalue weighted by atomic mass is 10.2. The van der Waals surface area contributed by atoms with Crippen LogP contribution in [0.4, 0.5) is 0 Å². The monoisotopic (exact) mass is 584 g/mol. The van der Waals surface area contributed by atoms with E-state index in [0.717, 1.165) is 12.1 Å². The Kier molecular flexibility index (Phi) is 7.21. The largest absolute Gasteiger partial charge is 0.497 e. The Morgan fingerprint density at radius 3 is 1.30 bits per heavy atom. The molecular formula is C23H20O10S4. The molecule has 0 bridgehead atoms. The van der Waals surface area contributed by atoms with Gasteiger partial charge in [0, 0.05) is 32.3 Å². The van der Waals surface area contributed by atoms with Gasteiger partial charge in [-0.05, 0) is 24.3 Å². The van der Waals surface area contributed by atoms with Crippen LogP contribution in [-0.4, -0.2) is 50.4 Å². The van der Waals surface area contributed by atoms with Gasteiger partial charge in [-0.2, -0.15) is 0 Å². The van der Waals surface area contributed by atoms with Crippen molar-refractivity contribution in [3.8, 4) is 23.0 Å². The van der Waals surface area contributed by atoms with Crippen LogP contribution >= 0.6 is 22.7 Å². The van der Waals surface area contributed by atoms with Crippen molar-refractivity contribution in [3.63, 3.8) is 0 Å². The highest BCUT2D eigenvalue weighted by Crippen LogP contribution is 2.35. The van der Waals surface area contributed by atoms with E-state index in [-0.39, 0.29) is 11.5 Å². The molecule has 4 rings (SSSR count). The molecular weight excluding hydrogens is 565 g/mol. The molecule has 0 aliphatic carbocycles. The normalized spacial score (nSPS) is 12.0. The summed E-state index contributed by atoms with van der Waals surface area (Å²) in [6, 6.07) is 8.26. The fourth-order valence-corrected chi connectivity index (χ4v) is 10.00. The van der Waals surface area contributed by atoms with Gasteiger partial charge in [0.1, 0.15) is 32.8 Å². The second-order valence-corrected chi connectivity index (χ2v) is 13.9. The van der Waals surface area contributed by atoms with Crippen LogP contribution in [-0.2, 0) is 19.7 Å². The lowest BCUT2D eigenvalue weighted by molar-refractivity contribution is 0.398. The molecule has 0 radical (unpaired) electrons. The van der Waals surface area contributed by atoms with Gasteiger partial charge in [-0.15, -0.1) is 0 Å². The van der Waals surface area contributed by atoms with Crippen LogP contribution in [0.3, 0.4) is 0 Å². The fraction of sp³-hybridized carbons (Fsp3) is 0.217. The number of methoxy groups -OCH3 is 4. The minimum absolute atomic E-state index is 0.241. The zero-order chi connectivity index (χ0) is 27.1. The van der Waals surface area contributed by atoms with Crippen molar-refractivity contribution in [2.24, 2.45) is 0 Å². The smallest absolute Gasteiger partial charge is 0.251 e. The maximum Gasteiger partial charge on any atom is 0.251 e. The summed E-state index contributed by atoms with van der Waals surface area (Å²) in [5.74, 6) is 1.27. The average Bonchev–Trinajstić information content (AvgIpc) is 2.85. The van der Waals surface area contributed by atoms with E-state index in [2.05, 4.69) is 0 Å². The van der Waals surface area contributed by atoms with Gasteiger partial charge in [0.05, 0.1) is 28.4 Å². The Morgan fingerprint density at radius 1 is 0.595 bits per heavy atom. The van der Waals surface area contributed by atoms with Crippen molar-refractivity contribution >= 4 is 62.5 Å². The van der Waals surface area contributed by atoms with Crippen LogP contribution in [0.1, 0.15) is 0 Å². The average molecular weight is 585 g/mol. The standard InChI is InChI=1S/C23H20O10S4/c1-30-12-5-16(32-3)14-9-20(22(24)34-18(14)7-12)36(26,27)11-37(28,29)21-10-15-17(33-4)6-13(31-2)8-19(15)35-23(21)25/h5-10H,11H2,1-4H3. The molecule has 0 spiro atoms. The summed E-state index contributed by atoms with van der Waals surface area (Å²) < 4.78 is 72.8. The van der Waals surface area contributed by atoms with Crippen molar-refractivity contribution in [2.45, 2.75) is 9.79 Å². The molecule has 0 amide bonds. The SMILES string of the molecule is COc1cc(OC)c2cc(S(=O)(=O)CS(=O)(=O)c3cc4c(OC)cc(OC)cc4sc3=O)c(=O)sc2c1. The number of hydrogen-bond donors (Lipinski definition) is 0. The summed E-state index contributed by atoms with van der Waals surface area (Å²) in [4.78, 5) is 24.1. The fourth-order valence-electron chi connectivity index (χ4n) is 3.63. The van der Waals surface area contributed by atoms with Gasteiger partial charge in [0.2, 0.25) is 0 Å². The Balaban J connectivity index is 1.84. The van der Waals surface area contributed by atoms with Gasteiger partial charge in [-0.1, -0.05) is 22.7 Å². The van der Waals surface area contributed by atoms with E-state index in [1.54, 1.807) is 12.1 Å². The van der Waals surface area contributed by atoms with Crippen molar-refractivity contribution < 1.29 is 35.8 Å². The van der Waals surface area contributed by atoms with E-state index < -0.39 is 44.0 Å². The molecule has 0 N–H and O–H groups in total. The summed E-state index contributed by atoms with van der Waals surface area (Å²) >= 11 is 1.22. The Hall–Kier alpha value is -3.20. The van der Waals surface area contributed by atoms with Gasteiger partial charge in [0.25, 0.3) is 9.48 Å². The number of benzene rings is 2. The molecule has 2 heterocycles. The molecule has 14 heteroatoms. The van der Waals surface area contributed by atoms with Crippen molar-refractivity contribution in [3.05, 3.63) is 55.5 Å². The second kappa shape index (κ2) is 9.93. The van der Waals surface area contributed by atoms with E-state index in [4.69, 9.17) is 18.9 Å². The maximum absolute atomic E-state index is 13.2. The van der Waals surface area contributed by atoms with Crippen LogP contribution in [0, 0.1) is 0 Å². The molecule has 0 aliphatic rings. The van der Waals surface area contributed by atoms with E-state index >= 15 is 0 Å². The third kappa shape index (κ3) is 5.01. The molecule has 0 aliphatic heterocycles. The van der Waals surface area contributed by atoms with Crippen molar-refractivity contribution in [1.82, 2.24) is 0 Å². The molecule has 4 aromatic rings. The van der Waals surface area contributed by atoms with E-state index in [0.29, 0.717) is 54.3 Å². The lowest BCUT2D eigenvalue weighted by Crippen LogP contribution is -2.24. The molecule has 0 unspecified atom stereocenters. The summed E-state index contributed by atoms with van der Waals surface area (Å²) in [6.07, 6.45) is 0. The van der Waals surface area contributed by atoms with Crippen molar-refractivity contribution in [1.29, 1.82) is 0 Å². The van der Waals surface area contributed by atoms with Crippen LogP contribution in [0.2, 0.25) is 0 Å². The summed E-state index contributed by atoms with van der Waals surface area (Å²) in [5.41, 5.74) is 0. The van der Waals surface area contributed by atoms with Gasteiger partial charge in [0.15, 0.2) is 24.8 Å². The number of fused-ring (bicyclic) bond motifs is 2. The second-order valence-electron chi connectivity index (χ2n) is 7.63. The number of sulfone groups is 2. The first-order chi connectivity index (χ1) is 17.4. The molecule has 2 aromatic carbocycles. The molecule has 0 atom stereocenters. The van der Waals surface area contributed by atoms with Gasteiger partial charge in [-0.3, -0.25) is 9.59 Å². The first-order valence-electron chi connectivity index (χ1n) is 10.3. The number of rotatable bonds is 8. The summed E-state index contributed by atoms with van der Waals surface area (Å²) in [7, 11) is -3.79. The zero-order valence-electron chi connectivity index (χ0n) is 19.9. The third-order valence-electron chi connectivity index (χ3n) is 5.41. The molecule has 0 saturated carbocycles. The first-order valence-corrected chi connectivity index (χ1v) is 15.2. The van der Waals surface area contributed by atoms with Crippen LogP contribution in [0.25, 0.3) is 20.2 Å². The molecule has 196 valence electrons. The van der Waals surface area contributed by atoms with Crippen LogP contribution < -0.4 is 28.4 Å². The molecule has 0 fully saturated rings. The topological polar surface area (TPSA) is 139 Å². The van der Waals surface area contributed by atoms with Gasteiger partial charge < -0.3 is 18.9 Å². The van der Waals surface area contributed by atoms with Gasteiger partial charge >= 0.3 is 0 Å². The van der Waals surface area contributed by atoms with Crippen LogP contribution in [0.5, 0.6) is 23.0 Å². The quantitative estimate of drug-likeness (QED) is 0.304. The third-order valence-corrected chi connectivity index (χ3v) is 12.0. The molecule has 10 nitrogen and oxygen atoms in total. The summed E-state index contributed by atoms with van der Waals surface area (Å²) in [6.45, 7) is 0. The Morgan fingerprint density at radius 2 is 0.973 bits per heavy atom. The predicted molar refractivity (Wildman–Crippen MR) is 142 cm³/mol. The summed E-state index contributed by atoms with van der Waals surface area (Å²) in [5, 5.41) is -0.891. The van der Waals surface area contributed by atoms with Crippen LogP contribution in [0.15, 0.2) is 55.8 Å². The lowest BCUT2D eigenvalue weighted by Gasteiger charge is -2.11. The molecule has 2 aromatic heterocycles. The Bertz CT molecular complexity index is 1730. The highest BCUT2D eigenvalue weighted by Gasteiger charge is 2.31. The minimum Gasteiger partial charge on any atom is -0.497 e. The van der Waals surface area contributed by atoms with Gasteiger partial charge in [-0.25, -0.2) is 16.8 Å². The van der Waals surface area contributed by atoms with Crippen molar-refractivity contribution in [2.75, 3.05) is 33.5 Å².